The molecule has 0 aliphatic heterocycles. The molecule has 0 unspecified atom stereocenters. The van der Waals surface area contributed by atoms with Crippen molar-refractivity contribution < 1.29 is 0 Å². The van der Waals surface area contributed by atoms with Gasteiger partial charge in [-0.15, -0.1) is 0 Å². The van der Waals surface area contributed by atoms with Crippen LogP contribution >= 0.6 is 12.2 Å². The maximum Gasteiger partial charge on any atom is 0.172 e. The van der Waals surface area contributed by atoms with Gasteiger partial charge in [-0.3, -0.25) is 0 Å². The normalized spacial score (nSPS) is 11.8. The average Bonchev–Trinajstić information content (AvgIpc) is 1.99. The maximum absolute atomic E-state index is 5.65. The van der Waals surface area contributed by atoms with Crippen LogP contribution in [0.1, 0.15) is 55.4 Å². The van der Waals surface area contributed by atoms with Gasteiger partial charge in [-0.1, -0.05) is 0 Å². The second-order valence-electron chi connectivity index (χ2n) is 5.47. The minimum absolute atomic E-state index is 0.451. The number of thiocarbonyl (C=S) groups is 1. The van der Waals surface area contributed by atoms with Crippen molar-refractivity contribution in [3.05, 3.63) is 0 Å². The summed E-state index contributed by atoms with van der Waals surface area (Å²) < 4.78 is 0. The van der Waals surface area contributed by atoms with Crippen LogP contribution in [0.3, 0.4) is 0 Å². The Morgan fingerprint density at radius 1 is 0.625 bits per heavy atom. The molecule has 0 amide bonds. The van der Waals surface area contributed by atoms with E-state index in [1.54, 1.807) is 0 Å². The van der Waals surface area contributed by atoms with E-state index in [9.17, 15) is 0 Å². The molecule has 0 aromatic heterocycles. The van der Waals surface area contributed by atoms with Gasteiger partial charge in [0.25, 0.3) is 0 Å². The number of nitrogens with zero attached hydrogens (tertiary/aromatic N) is 2. The maximum atomic E-state index is 5.65. The molecule has 0 heterocycles. The Kier molecular flexibility index (Phi) is 6.31. The summed E-state index contributed by atoms with van der Waals surface area (Å²) in [6.45, 7) is 17.6. The summed E-state index contributed by atoms with van der Waals surface area (Å²) in [5.74, 6) is 0. The lowest BCUT2D eigenvalue weighted by molar-refractivity contribution is 0.208. The van der Waals surface area contributed by atoms with E-state index in [-0.39, 0.29) is 0 Å². The largest absolute Gasteiger partial charge is 0.344 e. The Balaban J connectivity index is 4.96. The summed E-state index contributed by atoms with van der Waals surface area (Å²) in [4.78, 5) is 4.63. The number of rotatable bonds is 4. The average molecular weight is 244 g/mol. The first-order valence-electron chi connectivity index (χ1n) is 6.30. The third kappa shape index (κ3) is 3.93. The predicted molar refractivity (Wildman–Crippen MR) is 76.8 cm³/mol. The fraction of sp³-hybridized carbons (Fsp3) is 0.923. The quantitative estimate of drug-likeness (QED) is 0.699. The van der Waals surface area contributed by atoms with Crippen LogP contribution in [0.4, 0.5) is 0 Å². The Morgan fingerprint density at radius 3 is 0.938 bits per heavy atom. The summed E-state index contributed by atoms with van der Waals surface area (Å²) in [5.41, 5.74) is 0. The molecule has 0 aromatic carbocycles. The molecule has 0 aliphatic rings. The van der Waals surface area contributed by atoms with Crippen molar-refractivity contribution in [2.45, 2.75) is 79.6 Å². The van der Waals surface area contributed by atoms with Crippen LogP contribution in [-0.4, -0.2) is 39.1 Å². The molecule has 0 radical (unpaired) electrons. The lowest BCUT2D eigenvalue weighted by Gasteiger charge is -2.42. The van der Waals surface area contributed by atoms with Crippen molar-refractivity contribution in [3.63, 3.8) is 0 Å². The summed E-state index contributed by atoms with van der Waals surface area (Å²) >= 11 is 5.65. The summed E-state index contributed by atoms with van der Waals surface area (Å²) in [6, 6.07) is 1.81. The molecule has 0 aliphatic carbocycles. The molecule has 16 heavy (non-hydrogen) atoms. The molecule has 0 saturated carbocycles. The van der Waals surface area contributed by atoms with Gasteiger partial charge in [0, 0.05) is 24.2 Å². The SMILES string of the molecule is CC(C)N(C(=S)N(C(C)C)C(C)C)C(C)C. The summed E-state index contributed by atoms with van der Waals surface area (Å²) in [7, 11) is 0. The van der Waals surface area contributed by atoms with Crippen LogP contribution in [-0.2, 0) is 0 Å². The van der Waals surface area contributed by atoms with E-state index < -0.39 is 0 Å². The molecule has 2 nitrogen and oxygen atoms in total. The van der Waals surface area contributed by atoms with Crippen LogP contribution in [0.15, 0.2) is 0 Å². The van der Waals surface area contributed by atoms with Crippen LogP contribution in [0.5, 0.6) is 0 Å². The molecular weight excluding hydrogens is 216 g/mol. The Labute approximate surface area is 107 Å². The standard InChI is InChI=1S/C13H28N2S/c1-9(2)14(10(3)4)13(16)15(11(5)6)12(7)8/h9-12H,1-8H3. The van der Waals surface area contributed by atoms with E-state index in [4.69, 9.17) is 12.2 Å². The minimum atomic E-state index is 0.451. The second kappa shape index (κ2) is 6.43. The van der Waals surface area contributed by atoms with Gasteiger partial charge in [0.05, 0.1) is 0 Å². The van der Waals surface area contributed by atoms with Crippen LogP contribution in [0.2, 0.25) is 0 Å². The summed E-state index contributed by atoms with van der Waals surface area (Å²) in [6.07, 6.45) is 0. The predicted octanol–water partition coefficient (Wildman–Crippen LogP) is 3.51. The molecule has 0 aromatic rings. The fourth-order valence-electron chi connectivity index (χ4n) is 2.21. The molecule has 96 valence electrons. The van der Waals surface area contributed by atoms with E-state index in [1.807, 2.05) is 0 Å². The molecule has 0 bridgehead atoms. The molecule has 0 N–H and O–H groups in total. The highest BCUT2D eigenvalue weighted by Crippen LogP contribution is 2.15. The van der Waals surface area contributed by atoms with Gasteiger partial charge in [-0.25, -0.2) is 0 Å². The van der Waals surface area contributed by atoms with Gasteiger partial charge in [-0.05, 0) is 67.6 Å². The van der Waals surface area contributed by atoms with Crippen molar-refractivity contribution in [2.24, 2.45) is 0 Å². The van der Waals surface area contributed by atoms with Crippen molar-refractivity contribution in [2.75, 3.05) is 0 Å². The van der Waals surface area contributed by atoms with Crippen LogP contribution in [0.25, 0.3) is 0 Å². The molecule has 0 rings (SSSR count). The first-order chi connectivity index (χ1) is 7.20. The van der Waals surface area contributed by atoms with E-state index in [0.717, 1.165) is 5.11 Å². The third-order valence-corrected chi connectivity index (χ3v) is 3.09. The monoisotopic (exact) mass is 244 g/mol. The van der Waals surface area contributed by atoms with Crippen LogP contribution < -0.4 is 0 Å². The first kappa shape index (κ1) is 15.7. The Bertz CT molecular complexity index is 184. The van der Waals surface area contributed by atoms with Crippen molar-refractivity contribution in [1.29, 1.82) is 0 Å². The highest BCUT2D eigenvalue weighted by Gasteiger charge is 2.25. The fourth-order valence-corrected chi connectivity index (χ4v) is 3.05. The lowest BCUT2D eigenvalue weighted by atomic mass is 10.2. The molecule has 3 heteroatoms. The minimum Gasteiger partial charge on any atom is -0.344 e. The van der Waals surface area contributed by atoms with Crippen molar-refractivity contribution >= 4 is 17.3 Å². The highest BCUT2D eigenvalue weighted by molar-refractivity contribution is 7.80. The van der Waals surface area contributed by atoms with Gasteiger partial charge >= 0.3 is 0 Å². The highest BCUT2D eigenvalue weighted by atomic mass is 32.1. The third-order valence-electron chi connectivity index (χ3n) is 2.67. The van der Waals surface area contributed by atoms with E-state index in [1.165, 1.54) is 0 Å². The molecule has 0 atom stereocenters. The van der Waals surface area contributed by atoms with E-state index in [0.29, 0.717) is 24.2 Å². The first-order valence-corrected chi connectivity index (χ1v) is 6.71. The zero-order valence-electron chi connectivity index (χ0n) is 12.1. The number of hydrogen-bond acceptors (Lipinski definition) is 1. The smallest absolute Gasteiger partial charge is 0.172 e. The van der Waals surface area contributed by atoms with Crippen molar-refractivity contribution in [3.8, 4) is 0 Å². The zero-order valence-corrected chi connectivity index (χ0v) is 12.9. The van der Waals surface area contributed by atoms with Gasteiger partial charge in [0.2, 0.25) is 0 Å². The van der Waals surface area contributed by atoms with Crippen LogP contribution in [0, 0.1) is 0 Å². The Morgan fingerprint density at radius 2 is 0.812 bits per heavy atom. The van der Waals surface area contributed by atoms with E-state index in [2.05, 4.69) is 65.2 Å². The topological polar surface area (TPSA) is 6.48 Å². The van der Waals surface area contributed by atoms with Gasteiger partial charge in [0.1, 0.15) is 0 Å². The van der Waals surface area contributed by atoms with Crippen molar-refractivity contribution in [1.82, 2.24) is 9.80 Å². The molecule has 0 spiro atoms. The second-order valence-corrected chi connectivity index (χ2v) is 5.84. The number of hydrogen-bond donors (Lipinski definition) is 0. The summed E-state index contributed by atoms with van der Waals surface area (Å²) in [5, 5.41) is 0.981. The van der Waals surface area contributed by atoms with Gasteiger partial charge < -0.3 is 9.80 Å². The Hall–Kier alpha value is -0.310. The zero-order chi connectivity index (χ0) is 13.0. The van der Waals surface area contributed by atoms with Gasteiger partial charge in [-0.2, -0.15) is 0 Å². The molecular formula is C13H28N2S. The lowest BCUT2D eigenvalue weighted by Crippen LogP contribution is -2.53. The molecule has 0 saturated heterocycles. The van der Waals surface area contributed by atoms with Gasteiger partial charge in [0.15, 0.2) is 5.11 Å². The molecule has 0 fully saturated rings. The van der Waals surface area contributed by atoms with E-state index >= 15 is 0 Å².